The zero-order valence-corrected chi connectivity index (χ0v) is 7.84. The fourth-order valence-corrected chi connectivity index (χ4v) is 1.05. The third-order valence-corrected chi connectivity index (χ3v) is 1.80. The van der Waals surface area contributed by atoms with Gasteiger partial charge >= 0.3 is 0 Å². The van der Waals surface area contributed by atoms with E-state index in [1.54, 1.807) is 31.0 Å². The van der Waals surface area contributed by atoms with E-state index in [0.29, 0.717) is 17.5 Å². The summed E-state index contributed by atoms with van der Waals surface area (Å²) in [6, 6.07) is 2.21. The lowest BCUT2D eigenvalue weighted by molar-refractivity contribution is -0.678. The van der Waals surface area contributed by atoms with Crippen LogP contribution in [0.2, 0.25) is 0 Å². The average Bonchev–Trinajstić information content (AvgIpc) is 2.16. The monoisotopic (exact) mass is 188 g/mol. The van der Waals surface area contributed by atoms with Gasteiger partial charge in [0.25, 0.3) is 0 Å². The summed E-state index contributed by atoms with van der Waals surface area (Å²) in [7, 11) is 3.19. The SMILES string of the molecule is COc1cc[n+](CCl)cc1OC. The largest absolute Gasteiger partial charge is 0.492 e. The molecule has 66 valence electrons. The summed E-state index contributed by atoms with van der Waals surface area (Å²) in [6.45, 7) is 0. The van der Waals surface area contributed by atoms with E-state index in [2.05, 4.69) is 0 Å². The minimum Gasteiger partial charge on any atom is -0.492 e. The van der Waals surface area contributed by atoms with Crippen LogP contribution in [0.5, 0.6) is 11.5 Å². The van der Waals surface area contributed by atoms with Gasteiger partial charge in [-0.2, -0.15) is 4.57 Å². The van der Waals surface area contributed by atoms with E-state index >= 15 is 0 Å². The number of methoxy groups -OCH3 is 2. The van der Waals surface area contributed by atoms with Crippen molar-refractivity contribution in [3.8, 4) is 11.5 Å². The molecule has 0 aliphatic heterocycles. The molecule has 3 nitrogen and oxygen atoms in total. The first-order chi connectivity index (χ1) is 5.81. The molecule has 1 aromatic rings. The number of halogens is 1. The molecular weight excluding hydrogens is 178 g/mol. The summed E-state index contributed by atoms with van der Waals surface area (Å²) in [5.41, 5.74) is 0. The van der Waals surface area contributed by atoms with Gasteiger partial charge in [0, 0.05) is 6.07 Å². The molecular formula is C8H11ClNO2+. The number of ether oxygens (including phenoxy) is 2. The summed E-state index contributed by atoms with van der Waals surface area (Å²) in [5.74, 6) is 1.39. The van der Waals surface area contributed by atoms with E-state index in [9.17, 15) is 0 Å². The first-order valence-corrected chi connectivity index (χ1v) is 4.02. The van der Waals surface area contributed by atoms with Gasteiger partial charge in [-0.15, -0.1) is 0 Å². The van der Waals surface area contributed by atoms with Gasteiger partial charge in [-0.05, 0) is 0 Å². The minimum atomic E-state index is 0.403. The number of rotatable bonds is 3. The maximum Gasteiger partial charge on any atom is 0.225 e. The second-order valence-electron chi connectivity index (χ2n) is 2.22. The van der Waals surface area contributed by atoms with Crippen LogP contribution in [0.4, 0.5) is 0 Å². The van der Waals surface area contributed by atoms with Crippen LogP contribution < -0.4 is 14.0 Å². The third-order valence-electron chi connectivity index (χ3n) is 1.52. The van der Waals surface area contributed by atoms with Crippen molar-refractivity contribution in [3.63, 3.8) is 0 Å². The Labute approximate surface area is 76.5 Å². The molecule has 1 heterocycles. The fourth-order valence-electron chi connectivity index (χ4n) is 0.899. The molecule has 0 saturated carbocycles. The van der Waals surface area contributed by atoms with E-state index < -0.39 is 0 Å². The fraction of sp³-hybridized carbons (Fsp3) is 0.375. The van der Waals surface area contributed by atoms with Crippen LogP contribution in [-0.4, -0.2) is 14.2 Å². The maximum atomic E-state index is 5.62. The summed E-state index contributed by atoms with van der Waals surface area (Å²) in [6.07, 6.45) is 3.61. The van der Waals surface area contributed by atoms with Crippen molar-refractivity contribution in [2.75, 3.05) is 14.2 Å². The molecule has 12 heavy (non-hydrogen) atoms. The van der Waals surface area contributed by atoms with Crippen molar-refractivity contribution < 1.29 is 14.0 Å². The van der Waals surface area contributed by atoms with Crippen LogP contribution in [0, 0.1) is 0 Å². The molecule has 0 spiro atoms. The minimum absolute atomic E-state index is 0.403. The number of hydrogen-bond acceptors (Lipinski definition) is 2. The first kappa shape index (κ1) is 9.13. The van der Waals surface area contributed by atoms with Crippen molar-refractivity contribution in [1.29, 1.82) is 0 Å². The lowest BCUT2D eigenvalue weighted by atomic mass is 10.4. The zero-order valence-electron chi connectivity index (χ0n) is 7.08. The van der Waals surface area contributed by atoms with Crippen molar-refractivity contribution >= 4 is 11.6 Å². The van der Waals surface area contributed by atoms with E-state index in [4.69, 9.17) is 21.1 Å². The molecule has 0 aliphatic rings. The van der Waals surface area contributed by atoms with Crippen molar-refractivity contribution in [2.45, 2.75) is 6.00 Å². The number of hydrogen-bond donors (Lipinski definition) is 0. The van der Waals surface area contributed by atoms with Crippen LogP contribution in [-0.2, 0) is 6.00 Å². The molecule has 0 unspecified atom stereocenters. The number of nitrogens with zero attached hydrogens (tertiary/aromatic N) is 1. The Morgan fingerprint density at radius 1 is 1.33 bits per heavy atom. The quantitative estimate of drug-likeness (QED) is 0.525. The predicted octanol–water partition coefficient (Wildman–Crippen LogP) is 1.19. The molecule has 0 saturated heterocycles. The van der Waals surface area contributed by atoms with Crippen molar-refractivity contribution in [2.24, 2.45) is 0 Å². The highest BCUT2D eigenvalue weighted by atomic mass is 35.5. The van der Waals surface area contributed by atoms with Crippen molar-refractivity contribution in [3.05, 3.63) is 18.5 Å². The van der Waals surface area contributed by atoms with Crippen LogP contribution >= 0.6 is 11.6 Å². The molecule has 0 fully saturated rings. The van der Waals surface area contributed by atoms with Gasteiger partial charge < -0.3 is 9.47 Å². The third kappa shape index (κ3) is 1.80. The molecule has 0 aliphatic carbocycles. The summed E-state index contributed by atoms with van der Waals surface area (Å²) in [5, 5.41) is 0. The van der Waals surface area contributed by atoms with Crippen LogP contribution in [0.15, 0.2) is 18.5 Å². The Morgan fingerprint density at radius 2 is 2.00 bits per heavy atom. The number of alkyl halides is 1. The van der Waals surface area contributed by atoms with E-state index in [1.807, 2.05) is 6.20 Å². The van der Waals surface area contributed by atoms with Gasteiger partial charge in [-0.3, -0.25) is 0 Å². The molecule has 0 radical (unpaired) electrons. The highest BCUT2D eigenvalue weighted by Crippen LogP contribution is 2.22. The van der Waals surface area contributed by atoms with E-state index in [0.717, 1.165) is 0 Å². The van der Waals surface area contributed by atoms with Gasteiger partial charge in [0.1, 0.15) is 0 Å². The highest BCUT2D eigenvalue weighted by molar-refractivity contribution is 6.14. The smallest absolute Gasteiger partial charge is 0.225 e. The lowest BCUT2D eigenvalue weighted by Gasteiger charge is -2.03. The highest BCUT2D eigenvalue weighted by Gasteiger charge is 2.08. The van der Waals surface area contributed by atoms with Gasteiger partial charge in [-0.1, -0.05) is 11.6 Å². The van der Waals surface area contributed by atoms with E-state index in [1.165, 1.54) is 0 Å². The standard InChI is InChI=1S/C8H11ClNO2/c1-11-7-3-4-10(6-9)5-8(7)12-2/h3-5H,6H2,1-2H3/q+1. The average molecular weight is 189 g/mol. The zero-order chi connectivity index (χ0) is 8.97. The van der Waals surface area contributed by atoms with Gasteiger partial charge in [0.2, 0.25) is 18.0 Å². The molecule has 0 N–H and O–H groups in total. The topological polar surface area (TPSA) is 22.3 Å². The first-order valence-electron chi connectivity index (χ1n) is 3.49. The Kier molecular flexibility index (Phi) is 3.17. The molecule has 0 aromatic carbocycles. The van der Waals surface area contributed by atoms with Gasteiger partial charge in [0.15, 0.2) is 11.9 Å². The number of aromatic nitrogens is 1. The Hall–Kier alpha value is -0.960. The lowest BCUT2D eigenvalue weighted by Crippen LogP contribution is -2.29. The van der Waals surface area contributed by atoms with Crippen LogP contribution in [0.1, 0.15) is 0 Å². The maximum absolute atomic E-state index is 5.62. The van der Waals surface area contributed by atoms with E-state index in [-0.39, 0.29) is 0 Å². The molecule has 1 rings (SSSR count). The molecule has 1 aromatic heterocycles. The van der Waals surface area contributed by atoms with Crippen LogP contribution in [0.3, 0.4) is 0 Å². The summed E-state index contributed by atoms with van der Waals surface area (Å²) in [4.78, 5) is 0. The Bertz CT molecular complexity index is 265. The molecule has 0 atom stereocenters. The molecule has 0 amide bonds. The van der Waals surface area contributed by atoms with Gasteiger partial charge in [0.05, 0.1) is 14.2 Å². The van der Waals surface area contributed by atoms with Gasteiger partial charge in [-0.25, -0.2) is 0 Å². The van der Waals surface area contributed by atoms with Crippen LogP contribution in [0.25, 0.3) is 0 Å². The normalized spacial score (nSPS) is 9.58. The summed E-state index contributed by atoms with van der Waals surface area (Å²) < 4.78 is 11.9. The second-order valence-corrected chi connectivity index (χ2v) is 2.45. The molecule has 0 bridgehead atoms. The predicted molar refractivity (Wildman–Crippen MR) is 45.6 cm³/mol. The molecule has 4 heteroatoms. The second kappa shape index (κ2) is 4.16. The summed E-state index contributed by atoms with van der Waals surface area (Å²) >= 11 is 5.62. The Morgan fingerprint density at radius 3 is 2.50 bits per heavy atom. The Balaban J connectivity index is 3.02. The van der Waals surface area contributed by atoms with Crippen molar-refractivity contribution in [1.82, 2.24) is 0 Å². The number of pyridine rings is 1.